The molecule has 1 heteroatoms. The molecule has 1 N–H and O–H groups in total. The topological polar surface area (TPSA) is 12.0 Å². The zero-order valence-electron chi connectivity index (χ0n) is 13.9. The van der Waals surface area contributed by atoms with Gasteiger partial charge in [0, 0.05) is 23.7 Å². The van der Waals surface area contributed by atoms with E-state index in [0.717, 1.165) is 17.7 Å². The normalized spacial score (nSPS) is 11.4. The Labute approximate surface area is 144 Å². The molecule has 0 heterocycles. The molecule has 1 unspecified atom stereocenters. The second-order valence-corrected chi connectivity index (χ2v) is 5.83. The van der Waals surface area contributed by atoms with E-state index in [2.05, 4.69) is 72.6 Å². The molecule has 3 aromatic rings. The Kier molecular flexibility index (Phi) is 5.45. The summed E-state index contributed by atoms with van der Waals surface area (Å²) in [6, 6.07) is 29.3. The Morgan fingerprint density at radius 2 is 1.38 bits per heavy atom. The Morgan fingerprint density at radius 3 is 2.12 bits per heavy atom. The van der Waals surface area contributed by atoms with Crippen molar-refractivity contribution >= 4 is 0 Å². The molecule has 0 bridgehead atoms. The summed E-state index contributed by atoms with van der Waals surface area (Å²) in [5.41, 5.74) is 4.64. The second kappa shape index (κ2) is 8.15. The van der Waals surface area contributed by atoms with Gasteiger partial charge in [0.2, 0.25) is 0 Å². The molecule has 0 spiro atoms. The third-order valence-corrected chi connectivity index (χ3v) is 3.96. The Bertz CT molecular complexity index is 826. The van der Waals surface area contributed by atoms with E-state index in [4.69, 9.17) is 0 Å². The highest BCUT2D eigenvalue weighted by molar-refractivity contribution is 5.43. The van der Waals surface area contributed by atoms with Crippen LogP contribution in [0.25, 0.3) is 0 Å². The maximum atomic E-state index is 3.57. The van der Waals surface area contributed by atoms with Crippen LogP contribution in [0.1, 0.15) is 35.2 Å². The summed E-state index contributed by atoms with van der Waals surface area (Å²) in [6.07, 6.45) is 0. The molecule has 1 nitrogen and oxygen atoms in total. The van der Waals surface area contributed by atoms with Crippen LogP contribution in [0.5, 0.6) is 0 Å². The summed E-state index contributed by atoms with van der Waals surface area (Å²) >= 11 is 0. The summed E-state index contributed by atoms with van der Waals surface area (Å²) in [7, 11) is 0. The number of nitrogens with one attached hydrogen (secondary N) is 1. The van der Waals surface area contributed by atoms with Crippen molar-refractivity contribution in [2.24, 2.45) is 0 Å². The fourth-order valence-corrected chi connectivity index (χ4v) is 2.56. The largest absolute Gasteiger partial charge is 0.306 e. The second-order valence-electron chi connectivity index (χ2n) is 5.83. The van der Waals surface area contributed by atoms with E-state index in [1.165, 1.54) is 11.1 Å². The molecule has 3 rings (SSSR count). The first-order valence-electron chi connectivity index (χ1n) is 8.25. The van der Waals surface area contributed by atoms with Crippen LogP contribution in [0.2, 0.25) is 0 Å². The summed E-state index contributed by atoms with van der Waals surface area (Å²) in [6.45, 7) is 3.02. The molecule has 0 amide bonds. The summed E-state index contributed by atoms with van der Waals surface area (Å²) in [5.74, 6) is 6.45. The van der Waals surface area contributed by atoms with Gasteiger partial charge in [0.1, 0.15) is 0 Å². The van der Waals surface area contributed by atoms with Crippen LogP contribution < -0.4 is 5.32 Å². The highest BCUT2D eigenvalue weighted by Crippen LogP contribution is 2.13. The fourth-order valence-electron chi connectivity index (χ4n) is 2.56. The van der Waals surface area contributed by atoms with Gasteiger partial charge in [0.05, 0.1) is 0 Å². The van der Waals surface area contributed by atoms with Gasteiger partial charge in [0.15, 0.2) is 0 Å². The van der Waals surface area contributed by atoms with Gasteiger partial charge in [-0.2, -0.15) is 0 Å². The van der Waals surface area contributed by atoms with E-state index in [1.54, 1.807) is 0 Å². The van der Waals surface area contributed by atoms with Gasteiger partial charge >= 0.3 is 0 Å². The zero-order valence-corrected chi connectivity index (χ0v) is 13.9. The average molecular weight is 311 g/mol. The molecule has 0 aliphatic rings. The van der Waals surface area contributed by atoms with E-state index in [-0.39, 0.29) is 0 Å². The van der Waals surface area contributed by atoms with E-state index < -0.39 is 0 Å². The Balaban J connectivity index is 1.64. The first kappa shape index (κ1) is 16.1. The zero-order chi connectivity index (χ0) is 16.6. The van der Waals surface area contributed by atoms with E-state index in [1.807, 2.05) is 36.4 Å². The van der Waals surface area contributed by atoms with Gasteiger partial charge in [-0.15, -0.1) is 0 Å². The van der Waals surface area contributed by atoms with Crippen molar-refractivity contribution < 1.29 is 0 Å². The third-order valence-electron chi connectivity index (χ3n) is 3.96. The first-order valence-corrected chi connectivity index (χ1v) is 8.25. The summed E-state index contributed by atoms with van der Waals surface area (Å²) in [4.78, 5) is 0. The maximum absolute atomic E-state index is 3.57. The lowest BCUT2D eigenvalue weighted by atomic mass is 10.1. The van der Waals surface area contributed by atoms with Gasteiger partial charge in [-0.1, -0.05) is 72.5 Å². The lowest BCUT2D eigenvalue weighted by Gasteiger charge is -2.14. The lowest BCUT2D eigenvalue weighted by molar-refractivity contribution is 0.574. The van der Waals surface area contributed by atoms with Crippen molar-refractivity contribution in [3.8, 4) is 11.8 Å². The SMILES string of the molecule is CC(NCc1cccc(C#Cc2ccccc2)c1)c1ccccc1. The molecule has 0 aromatic heterocycles. The monoisotopic (exact) mass is 311 g/mol. The van der Waals surface area contributed by atoms with Crippen LogP contribution in [-0.2, 0) is 6.54 Å². The standard InChI is InChI=1S/C23H21N/c1-19(23-13-6-3-7-14-23)24-18-22-12-8-11-21(17-22)16-15-20-9-4-2-5-10-20/h2-14,17,19,24H,18H2,1H3. The molecule has 1 atom stereocenters. The van der Waals surface area contributed by atoms with Gasteiger partial charge < -0.3 is 5.32 Å². The van der Waals surface area contributed by atoms with Crippen LogP contribution in [0, 0.1) is 11.8 Å². The van der Waals surface area contributed by atoms with Crippen molar-refractivity contribution in [2.75, 3.05) is 0 Å². The van der Waals surface area contributed by atoms with E-state index in [0.29, 0.717) is 6.04 Å². The highest BCUT2D eigenvalue weighted by Gasteiger charge is 2.03. The van der Waals surface area contributed by atoms with Gasteiger partial charge in [0.25, 0.3) is 0 Å². The molecular weight excluding hydrogens is 290 g/mol. The van der Waals surface area contributed by atoms with Crippen LogP contribution in [0.4, 0.5) is 0 Å². The number of hydrogen-bond acceptors (Lipinski definition) is 1. The molecule has 0 saturated carbocycles. The fraction of sp³-hybridized carbons (Fsp3) is 0.130. The Hall–Kier alpha value is -2.82. The molecule has 24 heavy (non-hydrogen) atoms. The molecule has 0 radical (unpaired) electrons. The minimum atomic E-state index is 0.324. The minimum absolute atomic E-state index is 0.324. The predicted octanol–water partition coefficient (Wildman–Crippen LogP) is 4.94. The smallest absolute Gasteiger partial charge is 0.0294 e. The first-order chi connectivity index (χ1) is 11.8. The number of rotatable bonds is 4. The number of hydrogen-bond donors (Lipinski definition) is 1. The summed E-state index contributed by atoms with van der Waals surface area (Å²) < 4.78 is 0. The van der Waals surface area contributed by atoms with Gasteiger partial charge in [-0.05, 0) is 42.3 Å². The highest BCUT2D eigenvalue weighted by atomic mass is 14.9. The molecule has 3 aromatic carbocycles. The van der Waals surface area contributed by atoms with E-state index >= 15 is 0 Å². The van der Waals surface area contributed by atoms with Gasteiger partial charge in [-0.25, -0.2) is 0 Å². The van der Waals surface area contributed by atoms with Gasteiger partial charge in [-0.3, -0.25) is 0 Å². The molecule has 118 valence electrons. The van der Waals surface area contributed by atoms with Crippen LogP contribution in [-0.4, -0.2) is 0 Å². The summed E-state index contributed by atoms with van der Waals surface area (Å²) in [5, 5.41) is 3.57. The Morgan fingerprint density at radius 1 is 0.750 bits per heavy atom. The minimum Gasteiger partial charge on any atom is -0.306 e. The van der Waals surface area contributed by atoms with Crippen LogP contribution in [0.15, 0.2) is 84.9 Å². The van der Waals surface area contributed by atoms with Crippen molar-refractivity contribution in [2.45, 2.75) is 19.5 Å². The quantitative estimate of drug-likeness (QED) is 0.673. The third kappa shape index (κ3) is 4.59. The molecule has 0 saturated heterocycles. The van der Waals surface area contributed by atoms with Crippen LogP contribution >= 0.6 is 0 Å². The van der Waals surface area contributed by atoms with Crippen molar-refractivity contribution in [1.29, 1.82) is 0 Å². The van der Waals surface area contributed by atoms with Crippen LogP contribution in [0.3, 0.4) is 0 Å². The molecule has 0 fully saturated rings. The average Bonchev–Trinajstić information content (AvgIpc) is 2.66. The van der Waals surface area contributed by atoms with E-state index in [9.17, 15) is 0 Å². The predicted molar refractivity (Wildman–Crippen MR) is 101 cm³/mol. The molecule has 0 aliphatic carbocycles. The molecule has 0 aliphatic heterocycles. The van der Waals surface area contributed by atoms with Crippen molar-refractivity contribution in [1.82, 2.24) is 5.32 Å². The maximum Gasteiger partial charge on any atom is 0.0294 e. The van der Waals surface area contributed by atoms with Crippen molar-refractivity contribution in [3.63, 3.8) is 0 Å². The number of benzene rings is 3. The molecular formula is C23H21N. The van der Waals surface area contributed by atoms with Crippen molar-refractivity contribution in [3.05, 3.63) is 107 Å². The lowest BCUT2D eigenvalue weighted by Crippen LogP contribution is -2.17.